The molecule has 0 aromatic carbocycles. The predicted octanol–water partition coefficient (Wildman–Crippen LogP) is 18.9. The van der Waals surface area contributed by atoms with Crippen LogP contribution in [0.25, 0.3) is 0 Å². The highest BCUT2D eigenvalue weighted by molar-refractivity contribution is 5.80. The first-order valence-electron chi connectivity index (χ1n) is 39.1. The van der Waals surface area contributed by atoms with Crippen molar-refractivity contribution in [2.24, 2.45) is 75.9 Å². The number of fused-ring (bicyclic) bond motifs is 8. The van der Waals surface area contributed by atoms with Crippen LogP contribution in [0.1, 0.15) is 324 Å². The fourth-order valence-corrected chi connectivity index (χ4v) is 17.1. The van der Waals surface area contributed by atoms with Gasteiger partial charge >= 0.3 is 41.8 Å². The molecule has 9 saturated carbocycles. The van der Waals surface area contributed by atoms with Gasteiger partial charge in [0.1, 0.15) is 30.5 Å². The summed E-state index contributed by atoms with van der Waals surface area (Å²) in [6.45, 7) is 39.5. The lowest BCUT2D eigenvalue weighted by Crippen LogP contribution is -2.39. The summed E-state index contributed by atoms with van der Waals surface area (Å²) >= 11 is 0. The van der Waals surface area contributed by atoms with Crippen molar-refractivity contribution in [3.8, 4) is 0 Å². The van der Waals surface area contributed by atoms with Crippen molar-refractivity contribution in [3.05, 3.63) is 0 Å². The first kappa shape index (κ1) is 85.3. The molecule has 9 aliphatic carbocycles. The van der Waals surface area contributed by atoms with Gasteiger partial charge < -0.3 is 37.9 Å². The van der Waals surface area contributed by atoms with Gasteiger partial charge in [-0.05, 0) is 164 Å². The zero-order valence-corrected chi connectivity index (χ0v) is 62.6. The molecule has 10 saturated heterocycles. The van der Waals surface area contributed by atoms with Gasteiger partial charge in [-0.3, -0.25) is 33.6 Å². The Morgan fingerprint density at radius 3 is 1.45 bits per heavy atom. The zero-order valence-electron chi connectivity index (χ0n) is 62.6. The topological polar surface area (TPSA) is 193 Å². The Bertz CT molecular complexity index is 2020. The second kappa shape index (κ2) is 46.5. The van der Waals surface area contributed by atoms with Gasteiger partial charge in [-0.15, -0.1) is 0 Å². The number of hydrogen-bond donors (Lipinski definition) is 0. The van der Waals surface area contributed by atoms with Crippen LogP contribution < -0.4 is 0 Å². The molecule has 19 rings (SSSR count). The summed E-state index contributed by atoms with van der Waals surface area (Å²) in [4.78, 5) is 77.4. The summed E-state index contributed by atoms with van der Waals surface area (Å²) in [7, 11) is 0. The number of cyclic esters (lactones) is 3. The Labute approximate surface area is 567 Å². The van der Waals surface area contributed by atoms with Crippen LogP contribution in [0.5, 0.6) is 0 Å². The van der Waals surface area contributed by atoms with Gasteiger partial charge in [0.15, 0.2) is 0 Å². The summed E-state index contributed by atoms with van der Waals surface area (Å²) in [5, 5.41) is 0. The third-order valence-corrected chi connectivity index (χ3v) is 20.8. The highest BCUT2D eigenvalue weighted by atomic mass is 16.6. The maximum atomic E-state index is 11.6. The summed E-state index contributed by atoms with van der Waals surface area (Å²) < 4.78 is 40.8. The van der Waals surface area contributed by atoms with Crippen LogP contribution in [-0.4, -0.2) is 98.7 Å². The van der Waals surface area contributed by atoms with E-state index >= 15 is 0 Å². The number of carbonyl (C=O) groups excluding carboxylic acids is 7. The fraction of sp³-hybridized carbons (Fsp3) is 0.910. The van der Waals surface area contributed by atoms with E-state index in [1.807, 2.05) is 83.1 Å². The summed E-state index contributed by atoms with van der Waals surface area (Å²) in [6, 6.07) is 0. The van der Waals surface area contributed by atoms with Crippen molar-refractivity contribution in [3.63, 3.8) is 0 Å². The van der Waals surface area contributed by atoms with E-state index in [0.29, 0.717) is 74.5 Å². The molecule has 10 heterocycles. The normalized spacial score (nSPS) is 35.2. The smallest absolute Gasteiger partial charge is 0.312 e. The first-order valence-corrected chi connectivity index (χ1v) is 39.1. The molecule has 19 fully saturated rings. The molecule has 542 valence electrons. The first-order chi connectivity index (χ1) is 45.1. The third-order valence-electron chi connectivity index (χ3n) is 20.8. The molecule has 10 aliphatic heterocycles. The van der Waals surface area contributed by atoms with E-state index in [-0.39, 0.29) is 82.8 Å². The number of esters is 7. The monoisotopic (exact) mass is 1320 g/mol. The highest BCUT2D eigenvalue weighted by Crippen LogP contribution is 2.60. The molecule has 15 atom stereocenters. The van der Waals surface area contributed by atoms with Gasteiger partial charge in [0.05, 0.1) is 67.9 Å². The Balaban J connectivity index is 0.000000353. The van der Waals surface area contributed by atoms with E-state index in [1.165, 1.54) is 103 Å². The summed E-state index contributed by atoms with van der Waals surface area (Å²) in [6.07, 6.45) is 36.3. The lowest BCUT2D eigenvalue weighted by atomic mass is 9.68. The van der Waals surface area contributed by atoms with Gasteiger partial charge in [0.2, 0.25) is 0 Å². The number of hydrogen-bond acceptors (Lipinski definition) is 15. The molecule has 93 heavy (non-hydrogen) atoms. The van der Waals surface area contributed by atoms with Crippen LogP contribution in [0.4, 0.5) is 0 Å². The average molecular weight is 1320 g/mol. The molecule has 2 spiro atoms. The van der Waals surface area contributed by atoms with E-state index in [2.05, 4.69) is 41.5 Å². The van der Waals surface area contributed by atoms with E-state index < -0.39 is 0 Å². The Kier molecular flexibility index (Phi) is 42.6. The maximum absolute atomic E-state index is 11.6. The highest BCUT2D eigenvalue weighted by Gasteiger charge is 2.59. The van der Waals surface area contributed by atoms with Crippen LogP contribution in [-0.2, 0) is 71.5 Å². The van der Waals surface area contributed by atoms with E-state index in [1.54, 1.807) is 0 Å². The third kappa shape index (κ3) is 24.6. The van der Waals surface area contributed by atoms with Crippen molar-refractivity contribution in [2.45, 2.75) is 354 Å². The summed E-state index contributed by atoms with van der Waals surface area (Å²) in [5.41, 5.74) is -0.0266. The number of rotatable bonds is 0. The second-order valence-electron chi connectivity index (χ2n) is 27.2. The molecule has 0 amide bonds. The maximum Gasteiger partial charge on any atom is 0.312 e. The standard InChI is InChI=1S/2C10H14O2.C9H14O2.C8H10O2.2C7H10O2.C6H8O3.3C3H8.6C2H6/c11-10-8-2-6-1-7(3-8)5-9(4-6)12-10;11-9-10(3-4-12-9)6-7-1-2-8(10)5-7;10-8-9(6-7-11-8)4-2-1-3-5-9;9-8-6-2-5-1-4(6)3-7(5)10-8;8-7-6-3-1-2-5(6)4-9-7;8-7-4-5-2-1-3-6(5)9-7;7-6-3-5-4(9-6)1-2-8-5;3*1-3-2;6*1-2/h6-9H,1-5H2;7-8H,1-6H2;1-7H2;4-7H,1-3H2;2*5-6H,1-4H2;4-5H,1-3H2;3*3H2,1-2H3;6*1-2H3. The van der Waals surface area contributed by atoms with Gasteiger partial charge in [-0.25, -0.2) is 0 Å². The average Bonchev–Trinajstić information content (AvgIpc) is 1.60. The van der Waals surface area contributed by atoms with Crippen molar-refractivity contribution in [1.29, 1.82) is 0 Å². The van der Waals surface area contributed by atoms with Crippen LogP contribution in [0.2, 0.25) is 0 Å². The number of carbonyl (C=O) groups is 7. The van der Waals surface area contributed by atoms with Crippen LogP contribution in [0, 0.1) is 75.9 Å². The van der Waals surface area contributed by atoms with Gasteiger partial charge in [-0.1, -0.05) is 176 Å². The molecule has 19 aliphatic rings. The molecular formula is C78H140O15. The number of ether oxygens (including phenoxy) is 8. The molecule has 0 aromatic rings. The second-order valence-corrected chi connectivity index (χ2v) is 27.2. The van der Waals surface area contributed by atoms with Crippen molar-refractivity contribution >= 4 is 41.8 Å². The fourth-order valence-electron chi connectivity index (χ4n) is 17.1. The summed E-state index contributed by atoms with van der Waals surface area (Å²) in [5.74, 6) is 6.95. The molecular weight excluding hydrogens is 1180 g/mol. The van der Waals surface area contributed by atoms with E-state index in [9.17, 15) is 33.6 Å². The van der Waals surface area contributed by atoms with Crippen molar-refractivity contribution in [1.82, 2.24) is 0 Å². The van der Waals surface area contributed by atoms with Crippen molar-refractivity contribution < 1.29 is 71.5 Å². The van der Waals surface area contributed by atoms with Gasteiger partial charge in [0, 0.05) is 18.3 Å². The van der Waals surface area contributed by atoms with Crippen LogP contribution in [0.15, 0.2) is 0 Å². The van der Waals surface area contributed by atoms with Gasteiger partial charge in [0.25, 0.3) is 0 Å². The van der Waals surface area contributed by atoms with Gasteiger partial charge in [-0.2, -0.15) is 0 Å². The minimum Gasteiger partial charge on any atom is -0.465 e. The molecule has 10 bridgehead atoms. The molecule has 15 heteroatoms. The largest absolute Gasteiger partial charge is 0.465 e. The molecule has 15 unspecified atom stereocenters. The molecule has 0 radical (unpaired) electrons. The molecule has 0 aromatic heterocycles. The lowest BCUT2D eigenvalue weighted by Gasteiger charge is -2.35. The Morgan fingerprint density at radius 1 is 0.376 bits per heavy atom. The lowest BCUT2D eigenvalue weighted by molar-refractivity contribution is -0.169. The molecule has 15 nitrogen and oxygen atoms in total. The quantitative estimate of drug-likeness (QED) is 0.164. The minimum absolute atomic E-state index is 0.00289. The van der Waals surface area contributed by atoms with E-state index in [4.69, 9.17) is 37.9 Å². The Hall–Kier alpha value is -3.75. The zero-order chi connectivity index (χ0) is 69.7. The SMILES string of the molecule is CC.CC.CC.CC.CC.CC.CCC.CCC.CCC.O=C1CC2CCCC2O1.O=C1CC2OCCC2O1.O=C1OC2CC3CC(C2)CC1C3.O=C1OC2CC3CC2CC13.O=C1OCC2CCCC12.O=C1OCCC12CC1CCC2C1.O=C1OCCC12CCCCC2. The van der Waals surface area contributed by atoms with E-state index in [0.717, 1.165) is 114 Å². The van der Waals surface area contributed by atoms with Crippen molar-refractivity contribution in [2.75, 3.05) is 26.4 Å². The Morgan fingerprint density at radius 2 is 0.957 bits per heavy atom. The predicted molar refractivity (Wildman–Crippen MR) is 371 cm³/mol. The minimum atomic E-state index is -0.107. The molecule has 0 N–H and O–H groups in total. The van der Waals surface area contributed by atoms with Crippen LogP contribution >= 0.6 is 0 Å². The van der Waals surface area contributed by atoms with Crippen LogP contribution in [0.3, 0.4) is 0 Å².